The van der Waals surface area contributed by atoms with E-state index in [9.17, 15) is 18.0 Å². The molecule has 1 fully saturated rings. The summed E-state index contributed by atoms with van der Waals surface area (Å²) in [4.78, 5) is 35.2. The Hall–Kier alpha value is -2.57. The van der Waals surface area contributed by atoms with E-state index in [1.165, 1.54) is 26.6 Å². The molecule has 2 aromatic carbocycles. The zero-order valence-electron chi connectivity index (χ0n) is 20.6. The summed E-state index contributed by atoms with van der Waals surface area (Å²) in [5.74, 6) is -1.15. The van der Waals surface area contributed by atoms with Crippen LogP contribution in [0.1, 0.15) is 34.2 Å². The molecule has 3 heterocycles. The van der Waals surface area contributed by atoms with Crippen LogP contribution in [0.15, 0.2) is 41.3 Å². The Morgan fingerprint density at radius 2 is 1.84 bits per heavy atom. The molecule has 1 atom stereocenters. The molecule has 3 aromatic rings. The smallest absolute Gasteiger partial charge is 0.283 e. The van der Waals surface area contributed by atoms with Crippen LogP contribution in [0, 0.1) is 0 Å². The van der Waals surface area contributed by atoms with Crippen molar-refractivity contribution in [1.29, 1.82) is 0 Å². The lowest BCUT2D eigenvalue weighted by molar-refractivity contribution is -0.123. The molecule has 196 valence electrons. The predicted molar refractivity (Wildman–Crippen MR) is 143 cm³/mol. The molecule has 0 radical (unpaired) electrons. The van der Waals surface area contributed by atoms with E-state index in [0.717, 1.165) is 40.9 Å². The van der Waals surface area contributed by atoms with Crippen LogP contribution in [-0.2, 0) is 27.8 Å². The number of nitrogens with zero attached hydrogens (tertiary/aromatic N) is 4. The van der Waals surface area contributed by atoms with Gasteiger partial charge in [-0.25, -0.2) is 13.4 Å². The summed E-state index contributed by atoms with van der Waals surface area (Å²) in [5, 5.41) is 2.42. The number of nitrogens with two attached hydrogens (primary N) is 1. The van der Waals surface area contributed by atoms with Gasteiger partial charge in [0.25, 0.3) is 5.91 Å². The highest BCUT2D eigenvalue weighted by molar-refractivity contribution is 7.89. The van der Waals surface area contributed by atoms with E-state index in [1.54, 1.807) is 30.3 Å². The first-order chi connectivity index (χ1) is 17.5. The molecule has 1 unspecified atom stereocenters. The Morgan fingerprint density at radius 3 is 2.57 bits per heavy atom. The van der Waals surface area contributed by atoms with Crippen molar-refractivity contribution in [2.75, 3.05) is 26.2 Å². The summed E-state index contributed by atoms with van der Waals surface area (Å²) in [5.41, 5.74) is 6.58. The van der Waals surface area contributed by atoms with Crippen molar-refractivity contribution >= 4 is 55.5 Å². The van der Waals surface area contributed by atoms with E-state index >= 15 is 0 Å². The molecular formula is C25H28ClN5O4S2. The van der Waals surface area contributed by atoms with Crippen molar-refractivity contribution in [2.45, 2.75) is 43.8 Å². The molecule has 9 nitrogen and oxygen atoms in total. The lowest BCUT2D eigenvalue weighted by Crippen LogP contribution is -2.60. The van der Waals surface area contributed by atoms with Gasteiger partial charge in [-0.2, -0.15) is 4.31 Å². The predicted octanol–water partition coefficient (Wildman–Crippen LogP) is 2.72. The van der Waals surface area contributed by atoms with Crippen molar-refractivity contribution in [3.05, 3.63) is 57.0 Å². The summed E-state index contributed by atoms with van der Waals surface area (Å²) in [6.07, 6.45) is 0.764. The lowest BCUT2D eigenvalue weighted by Gasteiger charge is -2.38. The molecule has 12 heteroatoms. The summed E-state index contributed by atoms with van der Waals surface area (Å²) in [7, 11) is -3.92. The van der Waals surface area contributed by atoms with Crippen molar-refractivity contribution < 1.29 is 18.0 Å². The number of sulfonamides is 1. The molecule has 0 aliphatic carbocycles. The van der Waals surface area contributed by atoms with Gasteiger partial charge in [0, 0.05) is 55.1 Å². The number of carbonyl (C=O) groups is 2. The minimum atomic E-state index is -3.92. The number of fused-ring (bicyclic) bond motifs is 2. The fourth-order valence-electron chi connectivity index (χ4n) is 4.84. The van der Waals surface area contributed by atoms with Crippen molar-refractivity contribution in [1.82, 2.24) is 19.1 Å². The van der Waals surface area contributed by atoms with Gasteiger partial charge < -0.3 is 10.6 Å². The lowest BCUT2D eigenvalue weighted by atomic mass is 10.1. The highest BCUT2D eigenvalue weighted by Crippen LogP contribution is 2.29. The van der Waals surface area contributed by atoms with Crippen LogP contribution in [0.3, 0.4) is 0 Å². The van der Waals surface area contributed by atoms with Crippen molar-refractivity contribution in [2.24, 2.45) is 5.73 Å². The third-order valence-corrected chi connectivity index (χ3v) is 10.2. The van der Waals surface area contributed by atoms with E-state index in [2.05, 4.69) is 23.7 Å². The summed E-state index contributed by atoms with van der Waals surface area (Å²) in [6.45, 7) is 5.76. The third-order valence-electron chi connectivity index (χ3n) is 7.02. The number of rotatable bonds is 5. The van der Waals surface area contributed by atoms with Crippen LogP contribution >= 0.6 is 22.9 Å². The zero-order valence-corrected chi connectivity index (χ0v) is 22.9. The fourth-order valence-corrected chi connectivity index (χ4v) is 7.58. The van der Waals surface area contributed by atoms with Crippen LogP contribution < -0.4 is 5.73 Å². The van der Waals surface area contributed by atoms with E-state index in [0.29, 0.717) is 16.1 Å². The van der Waals surface area contributed by atoms with Crippen LogP contribution in [0.4, 0.5) is 0 Å². The quantitative estimate of drug-likeness (QED) is 0.512. The number of primary amides is 1. The number of carbonyl (C=O) groups excluding carboxylic acids is 2. The minimum absolute atomic E-state index is 0.0389. The monoisotopic (exact) mass is 561 g/mol. The SMILES string of the molecule is CC(C)N1CCc2nc(C(=O)N3CCN(S(=O)(=O)c4ccc5cc(Cl)ccc5c4)CC3C(N)=O)sc2C1. The first kappa shape index (κ1) is 26.1. The molecule has 0 saturated carbocycles. The first-order valence-electron chi connectivity index (χ1n) is 12.1. The van der Waals surface area contributed by atoms with Gasteiger partial charge in [0.05, 0.1) is 10.6 Å². The van der Waals surface area contributed by atoms with Gasteiger partial charge in [0.2, 0.25) is 15.9 Å². The van der Waals surface area contributed by atoms with Crippen LogP contribution in [0.25, 0.3) is 10.8 Å². The summed E-state index contributed by atoms with van der Waals surface area (Å²) < 4.78 is 28.1. The Morgan fingerprint density at radius 1 is 1.11 bits per heavy atom. The van der Waals surface area contributed by atoms with E-state index in [4.69, 9.17) is 17.3 Å². The molecule has 0 spiro atoms. The number of piperazine rings is 1. The van der Waals surface area contributed by atoms with Gasteiger partial charge in [-0.05, 0) is 48.9 Å². The van der Waals surface area contributed by atoms with Gasteiger partial charge in [-0.15, -0.1) is 11.3 Å². The average Bonchev–Trinajstić information content (AvgIpc) is 3.31. The van der Waals surface area contributed by atoms with Crippen LogP contribution in [-0.4, -0.2) is 77.6 Å². The van der Waals surface area contributed by atoms with Gasteiger partial charge in [0.1, 0.15) is 6.04 Å². The number of hydrogen-bond acceptors (Lipinski definition) is 7. The molecule has 2 aliphatic heterocycles. The zero-order chi connectivity index (χ0) is 26.5. The van der Waals surface area contributed by atoms with Crippen molar-refractivity contribution in [3.8, 4) is 0 Å². The highest BCUT2D eigenvalue weighted by atomic mass is 35.5. The van der Waals surface area contributed by atoms with E-state index in [-0.39, 0.29) is 30.4 Å². The van der Waals surface area contributed by atoms with Gasteiger partial charge in [0.15, 0.2) is 5.01 Å². The molecule has 2 aliphatic rings. The van der Waals surface area contributed by atoms with E-state index < -0.39 is 22.0 Å². The fraction of sp³-hybridized carbons (Fsp3) is 0.400. The molecule has 2 N–H and O–H groups in total. The maximum absolute atomic E-state index is 13.5. The van der Waals surface area contributed by atoms with Gasteiger partial charge >= 0.3 is 0 Å². The molecule has 37 heavy (non-hydrogen) atoms. The third kappa shape index (κ3) is 4.98. The largest absolute Gasteiger partial charge is 0.368 e. The maximum Gasteiger partial charge on any atom is 0.283 e. The number of thiazole rings is 1. The minimum Gasteiger partial charge on any atom is -0.368 e. The van der Waals surface area contributed by atoms with Crippen molar-refractivity contribution in [3.63, 3.8) is 0 Å². The average molecular weight is 562 g/mol. The second-order valence-corrected chi connectivity index (χ2v) is 13.1. The first-order valence-corrected chi connectivity index (χ1v) is 14.7. The second kappa shape index (κ2) is 9.95. The molecule has 2 amide bonds. The highest BCUT2D eigenvalue weighted by Gasteiger charge is 2.40. The number of hydrogen-bond donors (Lipinski definition) is 1. The molecule has 5 rings (SSSR count). The Balaban J connectivity index is 1.36. The normalized spacial score (nSPS) is 19.4. The molecule has 1 aromatic heterocycles. The second-order valence-electron chi connectivity index (χ2n) is 9.64. The number of benzene rings is 2. The summed E-state index contributed by atoms with van der Waals surface area (Å²) >= 11 is 7.38. The number of halogens is 1. The Kier molecular flexibility index (Phi) is 7.01. The maximum atomic E-state index is 13.5. The number of aromatic nitrogens is 1. The molecule has 1 saturated heterocycles. The summed E-state index contributed by atoms with van der Waals surface area (Å²) in [6, 6.07) is 9.32. The van der Waals surface area contributed by atoms with Crippen LogP contribution in [0.5, 0.6) is 0 Å². The topological polar surface area (TPSA) is 117 Å². The van der Waals surface area contributed by atoms with E-state index in [1.807, 2.05) is 0 Å². The number of amides is 2. The van der Waals surface area contributed by atoms with Gasteiger partial charge in [-0.1, -0.05) is 23.7 Å². The van der Waals surface area contributed by atoms with Gasteiger partial charge in [-0.3, -0.25) is 14.5 Å². The van der Waals surface area contributed by atoms with Crippen LogP contribution in [0.2, 0.25) is 5.02 Å². The standard InChI is InChI=1S/C25H28ClN5O4S2/c1-15(2)29-8-7-20-22(14-29)36-24(28-20)25(33)31-10-9-30(13-21(31)23(27)32)37(34,35)19-6-4-16-11-18(26)5-3-17(16)12-19/h3-6,11-12,15,21H,7-10,13-14H2,1-2H3,(H2,27,32). The Labute approximate surface area is 224 Å². The Bertz CT molecular complexity index is 1490. The molecule has 0 bridgehead atoms. The molecular weight excluding hydrogens is 534 g/mol.